The van der Waals surface area contributed by atoms with Crippen LogP contribution >= 0.6 is 0 Å². The van der Waals surface area contributed by atoms with Crippen molar-refractivity contribution >= 4 is 11.9 Å². The average molecular weight is 312 g/mol. The van der Waals surface area contributed by atoms with Crippen molar-refractivity contribution in [3.05, 3.63) is 0 Å². The van der Waals surface area contributed by atoms with Crippen LogP contribution in [0.15, 0.2) is 4.99 Å². The van der Waals surface area contributed by atoms with Gasteiger partial charge >= 0.3 is 5.97 Å². The molecule has 0 aromatic rings. The van der Waals surface area contributed by atoms with E-state index in [1.54, 1.807) is 0 Å². The van der Waals surface area contributed by atoms with Gasteiger partial charge in [-0.15, -0.1) is 0 Å². The van der Waals surface area contributed by atoms with Crippen LogP contribution in [-0.2, 0) is 9.53 Å². The Bertz CT molecular complexity index is 361. The molecule has 1 unspecified atom stereocenters. The molecule has 128 valence electrons. The molecule has 0 spiro atoms. The summed E-state index contributed by atoms with van der Waals surface area (Å²) >= 11 is 0. The van der Waals surface area contributed by atoms with Crippen LogP contribution in [0.2, 0.25) is 0 Å². The summed E-state index contributed by atoms with van der Waals surface area (Å²) in [6.45, 7) is 11.3. The number of guanidine groups is 1. The Balaban J connectivity index is 2.45. The Hall–Kier alpha value is -1.30. The van der Waals surface area contributed by atoms with E-state index in [2.05, 4.69) is 40.9 Å². The number of likely N-dealkylation sites (tertiary alicyclic amines) is 1. The second kappa shape index (κ2) is 9.66. The van der Waals surface area contributed by atoms with Crippen molar-refractivity contribution in [2.24, 2.45) is 10.9 Å². The molecular formula is C16H32N4O2. The molecule has 6 heteroatoms. The lowest BCUT2D eigenvalue weighted by Crippen LogP contribution is -2.50. The minimum absolute atomic E-state index is 0.0361. The minimum Gasteiger partial charge on any atom is -0.469 e. The summed E-state index contributed by atoms with van der Waals surface area (Å²) in [5, 5.41) is 3.46. The van der Waals surface area contributed by atoms with Crippen molar-refractivity contribution in [3.63, 3.8) is 0 Å². The highest BCUT2D eigenvalue weighted by molar-refractivity contribution is 5.80. The number of rotatable bonds is 6. The molecule has 1 fully saturated rings. The van der Waals surface area contributed by atoms with Crippen molar-refractivity contribution < 1.29 is 9.53 Å². The number of carbonyl (C=O) groups excluding carboxylic acids is 1. The highest BCUT2D eigenvalue weighted by atomic mass is 16.5. The van der Waals surface area contributed by atoms with Gasteiger partial charge in [-0.2, -0.15) is 0 Å². The number of esters is 1. The summed E-state index contributed by atoms with van der Waals surface area (Å²) in [6.07, 6.45) is 1.66. The van der Waals surface area contributed by atoms with Gasteiger partial charge in [-0.25, -0.2) is 0 Å². The van der Waals surface area contributed by atoms with E-state index in [1.165, 1.54) is 7.11 Å². The highest BCUT2D eigenvalue weighted by Gasteiger charge is 2.27. The maximum absolute atomic E-state index is 11.6. The Morgan fingerprint density at radius 2 is 1.95 bits per heavy atom. The van der Waals surface area contributed by atoms with E-state index in [0.717, 1.165) is 51.5 Å². The molecule has 1 rings (SSSR count). The van der Waals surface area contributed by atoms with E-state index < -0.39 is 0 Å². The lowest BCUT2D eigenvalue weighted by Gasteiger charge is -2.34. The minimum atomic E-state index is -0.0854. The number of aliphatic imine (C=N–C) groups is 1. The van der Waals surface area contributed by atoms with Gasteiger partial charge in [-0.1, -0.05) is 13.8 Å². The number of nitrogens with one attached hydrogen (secondary N) is 1. The van der Waals surface area contributed by atoms with Gasteiger partial charge < -0.3 is 15.0 Å². The highest BCUT2D eigenvalue weighted by Crippen LogP contribution is 2.18. The zero-order chi connectivity index (χ0) is 16.5. The molecule has 0 bridgehead atoms. The van der Waals surface area contributed by atoms with Crippen LogP contribution in [0, 0.1) is 5.92 Å². The molecule has 1 heterocycles. The van der Waals surface area contributed by atoms with Crippen molar-refractivity contribution in [1.29, 1.82) is 0 Å². The van der Waals surface area contributed by atoms with Gasteiger partial charge in [0, 0.05) is 32.7 Å². The third-order valence-electron chi connectivity index (χ3n) is 4.53. The maximum Gasteiger partial charge on any atom is 0.308 e. The molecule has 0 saturated carbocycles. The lowest BCUT2D eigenvalue weighted by molar-refractivity contribution is -0.146. The molecule has 6 nitrogen and oxygen atoms in total. The van der Waals surface area contributed by atoms with Crippen molar-refractivity contribution in [3.8, 4) is 0 Å². The van der Waals surface area contributed by atoms with Gasteiger partial charge in [0.1, 0.15) is 0 Å². The monoisotopic (exact) mass is 312 g/mol. The van der Waals surface area contributed by atoms with Crippen molar-refractivity contribution in [1.82, 2.24) is 15.1 Å². The Morgan fingerprint density at radius 3 is 2.41 bits per heavy atom. The molecule has 0 aromatic heterocycles. The zero-order valence-electron chi connectivity index (χ0n) is 14.8. The number of nitrogens with zero attached hydrogens (tertiary/aromatic N) is 3. The number of hydrogen-bond donors (Lipinski definition) is 1. The number of ether oxygens (including phenoxy) is 1. The molecule has 1 saturated heterocycles. The summed E-state index contributed by atoms with van der Waals surface area (Å²) in [4.78, 5) is 20.6. The number of carbonyl (C=O) groups is 1. The summed E-state index contributed by atoms with van der Waals surface area (Å²) in [6, 6.07) is 0.472. The van der Waals surface area contributed by atoms with E-state index >= 15 is 0 Å². The summed E-state index contributed by atoms with van der Waals surface area (Å²) in [7, 11) is 3.28. The predicted octanol–water partition coefficient (Wildman–Crippen LogP) is 1.18. The fourth-order valence-corrected chi connectivity index (χ4v) is 3.04. The number of hydrogen-bond acceptors (Lipinski definition) is 4. The lowest BCUT2D eigenvalue weighted by atomic mass is 9.97. The Kier molecular flexibility index (Phi) is 8.24. The fourth-order valence-electron chi connectivity index (χ4n) is 3.04. The van der Waals surface area contributed by atoms with E-state index in [9.17, 15) is 4.79 Å². The van der Waals surface area contributed by atoms with Gasteiger partial charge in [0.05, 0.1) is 13.0 Å². The second-order valence-electron chi connectivity index (χ2n) is 5.78. The van der Waals surface area contributed by atoms with Crippen LogP contribution in [0.3, 0.4) is 0 Å². The van der Waals surface area contributed by atoms with Gasteiger partial charge in [0.25, 0.3) is 0 Å². The fraction of sp³-hybridized carbons (Fsp3) is 0.875. The molecule has 22 heavy (non-hydrogen) atoms. The van der Waals surface area contributed by atoms with E-state index in [1.807, 2.05) is 7.05 Å². The number of piperidine rings is 1. The quantitative estimate of drug-likeness (QED) is 0.453. The second-order valence-corrected chi connectivity index (χ2v) is 5.78. The first-order valence-corrected chi connectivity index (χ1v) is 8.34. The van der Waals surface area contributed by atoms with Gasteiger partial charge in [-0.05, 0) is 32.9 Å². The van der Waals surface area contributed by atoms with Gasteiger partial charge in [-0.3, -0.25) is 14.7 Å². The summed E-state index contributed by atoms with van der Waals surface area (Å²) in [5.74, 6) is 0.883. The molecule has 1 N–H and O–H groups in total. The molecule has 1 atom stereocenters. The topological polar surface area (TPSA) is 57.2 Å². The molecule has 0 radical (unpaired) electrons. The average Bonchev–Trinajstić information content (AvgIpc) is 2.56. The van der Waals surface area contributed by atoms with Gasteiger partial charge in [0.2, 0.25) is 0 Å². The Morgan fingerprint density at radius 1 is 1.36 bits per heavy atom. The van der Waals surface area contributed by atoms with E-state index in [4.69, 9.17) is 4.74 Å². The number of likely N-dealkylation sites (N-methyl/N-ethyl adjacent to an activating group) is 1. The molecule has 1 aliphatic heterocycles. The molecule has 0 amide bonds. The van der Waals surface area contributed by atoms with Crippen LogP contribution < -0.4 is 5.32 Å². The maximum atomic E-state index is 11.6. The number of methoxy groups -OCH3 is 1. The first kappa shape index (κ1) is 18.7. The van der Waals surface area contributed by atoms with Crippen LogP contribution in [0.5, 0.6) is 0 Å². The SMILES string of the molecule is CCN(CC)C(C)CNC(=NC)N1CCC(C(=O)OC)CC1. The largest absolute Gasteiger partial charge is 0.469 e. The van der Waals surface area contributed by atoms with Crippen molar-refractivity contribution in [2.45, 2.75) is 39.7 Å². The van der Waals surface area contributed by atoms with Crippen LogP contribution in [0.4, 0.5) is 0 Å². The zero-order valence-corrected chi connectivity index (χ0v) is 14.8. The van der Waals surface area contributed by atoms with E-state index in [-0.39, 0.29) is 11.9 Å². The normalized spacial score (nSPS) is 18.5. The molecule has 0 aliphatic carbocycles. The third-order valence-corrected chi connectivity index (χ3v) is 4.53. The summed E-state index contributed by atoms with van der Waals surface area (Å²) < 4.78 is 4.83. The Labute approximate surface area is 134 Å². The van der Waals surface area contributed by atoms with Crippen LogP contribution in [0.1, 0.15) is 33.6 Å². The smallest absolute Gasteiger partial charge is 0.308 e. The van der Waals surface area contributed by atoms with Crippen molar-refractivity contribution in [2.75, 3.05) is 46.9 Å². The third kappa shape index (κ3) is 5.16. The van der Waals surface area contributed by atoms with Crippen LogP contribution in [0.25, 0.3) is 0 Å². The molecule has 1 aliphatic rings. The molecular weight excluding hydrogens is 280 g/mol. The standard InChI is InChI=1S/C16H32N4O2/c1-6-19(7-2)13(3)12-18-16(17-4)20-10-8-14(9-11-20)15(21)22-5/h13-14H,6-12H2,1-5H3,(H,17,18). The molecule has 0 aromatic carbocycles. The first-order valence-electron chi connectivity index (χ1n) is 8.34. The van der Waals surface area contributed by atoms with Crippen LogP contribution in [-0.4, -0.2) is 74.7 Å². The summed E-state index contributed by atoms with van der Waals surface area (Å²) in [5.41, 5.74) is 0. The first-order chi connectivity index (χ1) is 10.6. The van der Waals surface area contributed by atoms with E-state index in [0.29, 0.717) is 6.04 Å². The predicted molar refractivity (Wildman–Crippen MR) is 90.1 cm³/mol. The van der Waals surface area contributed by atoms with Gasteiger partial charge in [0.15, 0.2) is 5.96 Å².